The Morgan fingerprint density at radius 2 is 2.27 bits per heavy atom. The normalized spacial score (nSPS) is 26.6. The molecule has 0 spiro atoms. The predicted molar refractivity (Wildman–Crippen MR) is 60.0 cm³/mol. The summed E-state index contributed by atoms with van der Waals surface area (Å²) >= 11 is 0. The summed E-state index contributed by atoms with van der Waals surface area (Å²) < 4.78 is 2.05. The topological polar surface area (TPSA) is 54.8 Å². The van der Waals surface area contributed by atoms with Gasteiger partial charge in [-0.1, -0.05) is 6.92 Å². The average Bonchev–Trinajstić information content (AvgIpc) is 2.61. The van der Waals surface area contributed by atoms with E-state index >= 15 is 0 Å². The number of anilines is 1. The molecule has 5 heteroatoms. The first-order valence-electron chi connectivity index (χ1n) is 5.46. The van der Waals surface area contributed by atoms with Crippen molar-refractivity contribution in [1.29, 1.82) is 0 Å². The van der Waals surface area contributed by atoms with Crippen molar-refractivity contribution in [2.45, 2.75) is 25.2 Å². The molecule has 2 rings (SSSR count). The zero-order valence-corrected chi connectivity index (χ0v) is 9.67. The van der Waals surface area contributed by atoms with E-state index in [1.165, 1.54) is 12.8 Å². The Bertz CT molecular complexity index is 338. The van der Waals surface area contributed by atoms with Crippen LogP contribution in [0.15, 0.2) is 0 Å². The Balaban J connectivity index is 2.30. The maximum Gasteiger partial charge on any atom is 0.224 e. The fourth-order valence-electron chi connectivity index (χ4n) is 2.32. The van der Waals surface area contributed by atoms with Crippen LogP contribution in [-0.4, -0.2) is 34.9 Å². The molecule has 1 aliphatic heterocycles. The second-order valence-electron chi connectivity index (χ2n) is 4.50. The minimum absolute atomic E-state index is 0.120. The van der Waals surface area contributed by atoms with Crippen LogP contribution >= 0.6 is 0 Å². The maximum atomic E-state index is 4.29. The van der Waals surface area contributed by atoms with Crippen LogP contribution in [0.25, 0.3) is 0 Å². The van der Waals surface area contributed by atoms with Crippen molar-refractivity contribution in [3.8, 4) is 0 Å². The van der Waals surface area contributed by atoms with E-state index in [1.54, 1.807) is 0 Å². The Labute approximate surface area is 90.3 Å². The van der Waals surface area contributed by atoms with Crippen LogP contribution < -0.4 is 10.6 Å². The second kappa shape index (κ2) is 3.81. The lowest BCUT2D eigenvalue weighted by atomic mass is 9.82. The molecule has 1 aromatic heterocycles. The van der Waals surface area contributed by atoms with Crippen molar-refractivity contribution >= 4 is 5.95 Å². The van der Waals surface area contributed by atoms with E-state index in [9.17, 15) is 0 Å². The molecule has 0 saturated carbocycles. The van der Waals surface area contributed by atoms with Gasteiger partial charge in [-0.3, -0.25) is 0 Å². The van der Waals surface area contributed by atoms with Gasteiger partial charge in [-0.15, -0.1) is 10.2 Å². The first-order chi connectivity index (χ1) is 7.17. The third kappa shape index (κ3) is 1.71. The van der Waals surface area contributed by atoms with Crippen molar-refractivity contribution in [3.63, 3.8) is 0 Å². The smallest absolute Gasteiger partial charge is 0.224 e. The number of hydrogen-bond donors (Lipinski definition) is 2. The summed E-state index contributed by atoms with van der Waals surface area (Å²) in [7, 11) is 3.89. The first-order valence-corrected chi connectivity index (χ1v) is 5.46. The average molecular weight is 209 g/mol. The summed E-state index contributed by atoms with van der Waals surface area (Å²) in [6.07, 6.45) is 2.38. The number of hydrogen-bond acceptors (Lipinski definition) is 4. The minimum atomic E-state index is 0.120. The molecule has 2 N–H and O–H groups in total. The Morgan fingerprint density at radius 3 is 2.80 bits per heavy atom. The van der Waals surface area contributed by atoms with Crippen molar-refractivity contribution in [2.24, 2.45) is 7.05 Å². The quantitative estimate of drug-likeness (QED) is 0.744. The lowest BCUT2D eigenvalue weighted by Crippen LogP contribution is -2.42. The van der Waals surface area contributed by atoms with Crippen LogP contribution in [0.5, 0.6) is 0 Å². The molecule has 1 aromatic rings. The fourth-order valence-corrected chi connectivity index (χ4v) is 2.32. The first kappa shape index (κ1) is 10.4. The maximum absolute atomic E-state index is 4.29. The minimum Gasteiger partial charge on any atom is -0.357 e. The molecule has 15 heavy (non-hydrogen) atoms. The molecular weight excluding hydrogens is 190 g/mol. The van der Waals surface area contributed by atoms with Crippen molar-refractivity contribution in [1.82, 2.24) is 20.1 Å². The zero-order chi connectivity index (χ0) is 10.9. The summed E-state index contributed by atoms with van der Waals surface area (Å²) in [5, 5.41) is 14.9. The fraction of sp³-hybridized carbons (Fsp3) is 0.800. The van der Waals surface area contributed by atoms with Gasteiger partial charge < -0.3 is 15.2 Å². The highest BCUT2D eigenvalue weighted by atomic mass is 15.3. The number of rotatable bonds is 2. The molecule has 1 atom stereocenters. The molecule has 1 aliphatic rings. The highest BCUT2D eigenvalue weighted by Crippen LogP contribution is 2.29. The molecule has 84 valence electrons. The zero-order valence-electron chi connectivity index (χ0n) is 9.67. The van der Waals surface area contributed by atoms with Gasteiger partial charge in [0.05, 0.1) is 0 Å². The summed E-state index contributed by atoms with van der Waals surface area (Å²) in [4.78, 5) is 0. The molecule has 0 amide bonds. The summed E-state index contributed by atoms with van der Waals surface area (Å²) in [6, 6.07) is 0. The lowest BCUT2D eigenvalue weighted by molar-refractivity contribution is 0.316. The Hall–Kier alpha value is -1.10. The molecule has 5 nitrogen and oxygen atoms in total. The number of nitrogens with zero attached hydrogens (tertiary/aromatic N) is 3. The van der Waals surface area contributed by atoms with Crippen LogP contribution in [0, 0.1) is 0 Å². The van der Waals surface area contributed by atoms with E-state index in [4.69, 9.17) is 0 Å². The number of nitrogens with one attached hydrogen (secondary N) is 2. The Kier molecular flexibility index (Phi) is 2.65. The molecule has 1 fully saturated rings. The molecule has 0 aromatic carbocycles. The van der Waals surface area contributed by atoms with Gasteiger partial charge in [0.2, 0.25) is 5.95 Å². The molecule has 1 saturated heterocycles. The third-order valence-corrected chi connectivity index (χ3v) is 3.24. The molecule has 0 radical (unpaired) electrons. The van der Waals surface area contributed by atoms with Crippen LogP contribution in [0.1, 0.15) is 25.6 Å². The molecule has 1 unspecified atom stereocenters. The van der Waals surface area contributed by atoms with Crippen molar-refractivity contribution in [2.75, 3.05) is 25.5 Å². The SMILES string of the molecule is CNc1nnc(C2(C)CCCNC2)n1C. The van der Waals surface area contributed by atoms with Gasteiger partial charge >= 0.3 is 0 Å². The molecule has 0 bridgehead atoms. The van der Waals surface area contributed by atoms with E-state index < -0.39 is 0 Å². The Morgan fingerprint density at radius 1 is 1.47 bits per heavy atom. The standard InChI is InChI=1S/C10H19N5/c1-10(5-4-6-12-7-10)8-13-14-9(11-2)15(8)3/h12H,4-7H2,1-3H3,(H,11,14). The second-order valence-corrected chi connectivity index (χ2v) is 4.50. The summed E-state index contributed by atoms with van der Waals surface area (Å²) in [6.45, 7) is 4.36. The van der Waals surface area contributed by atoms with Gasteiger partial charge in [-0.2, -0.15) is 0 Å². The highest BCUT2D eigenvalue weighted by molar-refractivity contribution is 5.27. The summed E-state index contributed by atoms with van der Waals surface area (Å²) in [5.41, 5.74) is 0.120. The van der Waals surface area contributed by atoms with Crippen LogP contribution in [0.3, 0.4) is 0 Å². The van der Waals surface area contributed by atoms with E-state index in [0.717, 1.165) is 24.9 Å². The van der Waals surface area contributed by atoms with Gasteiger partial charge in [0.25, 0.3) is 0 Å². The van der Waals surface area contributed by atoms with Crippen LogP contribution in [0.2, 0.25) is 0 Å². The van der Waals surface area contributed by atoms with Crippen molar-refractivity contribution < 1.29 is 0 Å². The van der Waals surface area contributed by atoms with Gasteiger partial charge in [0.15, 0.2) is 0 Å². The van der Waals surface area contributed by atoms with Gasteiger partial charge in [-0.05, 0) is 19.4 Å². The van der Waals surface area contributed by atoms with Crippen LogP contribution in [0.4, 0.5) is 5.95 Å². The lowest BCUT2D eigenvalue weighted by Gasteiger charge is -2.32. The van der Waals surface area contributed by atoms with Crippen molar-refractivity contribution in [3.05, 3.63) is 5.82 Å². The summed E-state index contributed by atoms with van der Waals surface area (Å²) in [5.74, 6) is 1.90. The molecule has 0 aliphatic carbocycles. The van der Waals surface area contributed by atoms with E-state index in [-0.39, 0.29) is 5.41 Å². The third-order valence-electron chi connectivity index (χ3n) is 3.24. The number of aromatic nitrogens is 3. The van der Waals surface area contributed by atoms with Gasteiger partial charge in [0, 0.05) is 26.1 Å². The molecular formula is C10H19N5. The van der Waals surface area contributed by atoms with E-state index in [0.29, 0.717) is 0 Å². The van der Waals surface area contributed by atoms with Gasteiger partial charge in [0.1, 0.15) is 5.82 Å². The molecule has 2 heterocycles. The van der Waals surface area contributed by atoms with E-state index in [2.05, 4.69) is 27.8 Å². The largest absolute Gasteiger partial charge is 0.357 e. The van der Waals surface area contributed by atoms with Crippen LogP contribution in [-0.2, 0) is 12.5 Å². The number of piperidine rings is 1. The monoisotopic (exact) mass is 209 g/mol. The predicted octanol–water partition coefficient (Wildman–Crippen LogP) is 0.498. The van der Waals surface area contributed by atoms with Gasteiger partial charge in [-0.25, -0.2) is 0 Å². The highest BCUT2D eigenvalue weighted by Gasteiger charge is 2.33. The van der Waals surface area contributed by atoms with E-state index in [1.807, 2.05) is 18.7 Å².